The first-order valence-electron chi connectivity index (χ1n) is 9.61. The number of hydrogen-bond acceptors (Lipinski definition) is 6. The summed E-state index contributed by atoms with van der Waals surface area (Å²) in [6, 6.07) is 5.73. The lowest BCUT2D eigenvalue weighted by molar-refractivity contribution is -0.188. The van der Waals surface area contributed by atoms with E-state index in [-0.39, 0.29) is 17.6 Å². The van der Waals surface area contributed by atoms with Gasteiger partial charge in [0.2, 0.25) is 0 Å². The van der Waals surface area contributed by atoms with Gasteiger partial charge in [0.05, 0.1) is 25.8 Å². The van der Waals surface area contributed by atoms with Crippen LogP contribution in [0.4, 0.5) is 0 Å². The number of nitrogens with zero attached hydrogens (tertiary/aromatic N) is 3. The van der Waals surface area contributed by atoms with Crippen LogP contribution in [0.2, 0.25) is 0 Å². The fraction of sp³-hybridized carbons (Fsp3) is 0.550. The molecule has 1 amide bonds. The van der Waals surface area contributed by atoms with E-state index in [2.05, 4.69) is 10.1 Å². The van der Waals surface area contributed by atoms with Crippen molar-refractivity contribution < 1.29 is 18.8 Å². The summed E-state index contributed by atoms with van der Waals surface area (Å²) >= 11 is 0. The van der Waals surface area contributed by atoms with Crippen LogP contribution in [0, 0.1) is 0 Å². The first-order valence-corrected chi connectivity index (χ1v) is 9.61. The van der Waals surface area contributed by atoms with Gasteiger partial charge in [-0.2, -0.15) is 0 Å². The van der Waals surface area contributed by atoms with Gasteiger partial charge in [-0.15, -0.1) is 0 Å². The lowest BCUT2D eigenvalue weighted by Gasteiger charge is -2.52. The van der Waals surface area contributed by atoms with Gasteiger partial charge < -0.3 is 18.9 Å². The molecule has 0 bridgehead atoms. The van der Waals surface area contributed by atoms with Gasteiger partial charge in [-0.05, 0) is 37.0 Å². The maximum absolute atomic E-state index is 12.6. The van der Waals surface area contributed by atoms with Crippen molar-refractivity contribution in [2.75, 3.05) is 19.7 Å². The molecule has 2 saturated heterocycles. The Morgan fingerprint density at radius 1 is 1.26 bits per heavy atom. The van der Waals surface area contributed by atoms with Crippen LogP contribution in [-0.2, 0) is 16.1 Å². The summed E-state index contributed by atoms with van der Waals surface area (Å²) in [6.45, 7) is 2.42. The summed E-state index contributed by atoms with van der Waals surface area (Å²) in [6.07, 6.45) is 7.66. The maximum Gasteiger partial charge on any atom is 0.276 e. The van der Waals surface area contributed by atoms with Gasteiger partial charge in [0, 0.05) is 37.4 Å². The molecule has 5 rings (SSSR count). The Balaban J connectivity index is 1.15. The van der Waals surface area contributed by atoms with Crippen LogP contribution in [0.1, 0.15) is 53.4 Å². The van der Waals surface area contributed by atoms with E-state index >= 15 is 0 Å². The van der Waals surface area contributed by atoms with Crippen molar-refractivity contribution in [3.8, 4) is 0 Å². The summed E-state index contributed by atoms with van der Waals surface area (Å²) in [5.74, 6) is 1.23. The number of rotatable bonds is 5. The summed E-state index contributed by atoms with van der Waals surface area (Å²) in [5.41, 5.74) is 1.25. The second-order valence-electron chi connectivity index (χ2n) is 7.86. The Kier molecular flexibility index (Phi) is 4.21. The van der Waals surface area contributed by atoms with Crippen LogP contribution >= 0.6 is 0 Å². The van der Waals surface area contributed by atoms with Gasteiger partial charge in [-0.25, -0.2) is 0 Å². The lowest BCUT2D eigenvalue weighted by Crippen LogP contribution is -2.67. The molecule has 7 heteroatoms. The summed E-state index contributed by atoms with van der Waals surface area (Å²) in [7, 11) is 0. The Morgan fingerprint density at radius 2 is 2.07 bits per heavy atom. The minimum atomic E-state index is -0.278. The molecule has 0 radical (unpaired) electrons. The van der Waals surface area contributed by atoms with Crippen LogP contribution in [0.3, 0.4) is 0 Å². The third-order valence-electron chi connectivity index (χ3n) is 5.66. The standard InChI is InChI=1S/C20H23N3O4/c24-19(17-9-18(27-22-17)15-1-2-15)23-12-20(13-23)10-16(5-8-26-20)25-11-14-3-6-21-7-4-14/h3-4,6-7,9,15-16H,1-2,5,8,10-13H2. The highest BCUT2D eigenvalue weighted by Gasteiger charge is 2.50. The Labute approximate surface area is 157 Å². The molecule has 1 atom stereocenters. The summed E-state index contributed by atoms with van der Waals surface area (Å²) in [5, 5.41) is 3.95. The highest BCUT2D eigenvalue weighted by Crippen LogP contribution is 2.41. The van der Waals surface area contributed by atoms with Gasteiger partial charge in [0.25, 0.3) is 5.91 Å². The molecule has 0 N–H and O–H groups in total. The van der Waals surface area contributed by atoms with Gasteiger partial charge in [-0.3, -0.25) is 9.78 Å². The predicted molar refractivity (Wildman–Crippen MR) is 95.1 cm³/mol. The number of aromatic nitrogens is 2. The van der Waals surface area contributed by atoms with E-state index in [1.54, 1.807) is 23.4 Å². The molecule has 27 heavy (non-hydrogen) atoms. The first-order chi connectivity index (χ1) is 13.2. The van der Waals surface area contributed by atoms with Crippen molar-refractivity contribution in [2.45, 2.75) is 49.9 Å². The van der Waals surface area contributed by atoms with Crippen molar-refractivity contribution in [1.29, 1.82) is 0 Å². The third kappa shape index (κ3) is 3.49. The van der Waals surface area contributed by atoms with Crippen molar-refractivity contribution in [3.63, 3.8) is 0 Å². The largest absolute Gasteiger partial charge is 0.373 e. The molecule has 2 aromatic heterocycles. The van der Waals surface area contributed by atoms with Crippen molar-refractivity contribution in [2.24, 2.45) is 0 Å². The Hall–Kier alpha value is -2.25. The molecule has 1 aliphatic carbocycles. The normalized spacial score (nSPS) is 24.0. The first kappa shape index (κ1) is 16.9. The number of carbonyl (C=O) groups is 1. The number of likely N-dealkylation sites (tertiary alicyclic amines) is 1. The van der Waals surface area contributed by atoms with Gasteiger partial charge in [-0.1, -0.05) is 5.16 Å². The van der Waals surface area contributed by atoms with E-state index in [9.17, 15) is 4.79 Å². The van der Waals surface area contributed by atoms with E-state index in [1.807, 2.05) is 12.1 Å². The monoisotopic (exact) mass is 369 g/mol. The third-order valence-corrected chi connectivity index (χ3v) is 5.66. The number of amides is 1. The summed E-state index contributed by atoms with van der Waals surface area (Å²) < 4.78 is 17.4. The van der Waals surface area contributed by atoms with Gasteiger partial charge >= 0.3 is 0 Å². The van der Waals surface area contributed by atoms with E-state index in [4.69, 9.17) is 14.0 Å². The lowest BCUT2D eigenvalue weighted by atomic mass is 9.84. The van der Waals surface area contributed by atoms with Crippen molar-refractivity contribution in [1.82, 2.24) is 15.0 Å². The second-order valence-corrected chi connectivity index (χ2v) is 7.86. The van der Waals surface area contributed by atoms with E-state index in [0.29, 0.717) is 37.9 Å². The molecule has 142 valence electrons. The minimum absolute atomic E-state index is 0.0697. The molecule has 1 saturated carbocycles. The molecular formula is C20H23N3O4. The molecule has 3 fully saturated rings. The molecule has 4 heterocycles. The summed E-state index contributed by atoms with van der Waals surface area (Å²) in [4.78, 5) is 18.4. The molecule has 2 aromatic rings. The Bertz CT molecular complexity index is 812. The number of hydrogen-bond donors (Lipinski definition) is 0. The average molecular weight is 369 g/mol. The SMILES string of the molecule is O=C(c1cc(C2CC2)on1)N1CC2(CC(OCc3ccncc3)CCO2)C1. The minimum Gasteiger partial charge on any atom is -0.373 e. The topological polar surface area (TPSA) is 77.7 Å². The zero-order valence-electron chi connectivity index (χ0n) is 15.2. The average Bonchev–Trinajstić information content (AvgIpc) is 3.42. The fourth-order valence-corrected chi connectivity index (χ4v) is 3.94. The highest BCUT2D eigenvalue weighted by atomic mass is 16.5. The van der Waals surface area contributed by atoms with Gasteiger partial charge in [0.15, 0.2) is 5.69 Å². The Morgan fingerprint density at radius 3 is 2.85 bits per heavy atom. The number of ether oxygens (including phenoxy) is 2. The fourth-order valence-electron chi connectivity index (χ4n) is 3.94. The van der Waals surface area contributed by atoms with E-state index < -0.39 is 0 Å². The molecule has 1 spiro atoms. The molecule has 1 unspecified atom stereocenters. The van der Waals surface area contributed by atoms with Crippen LogP contribution in [0.5, 0.6) is 0 Å². The smallest absolute Gasteiger partial charge is 0.276 e. The molecule has 3 aliphatic rings. The van der Waals surface area contributed by atoms with Crippen LogP contribution < -0.4 is 0 Å². The second kappa shape index (κ2) is 6.73. The quantitative estimate of drug-likeness (QED) is 0.806. The predicted octanol–water partition coefficient (Wildman–Crippen LogP) is 2.54. The van der Waals surface area contributed by atoms with Crippen LogP contribution in [0.15, 0.2) is 35.1 Å². The zero-order chi connectivity index (χ0) is 18.3. The molecule has 7 nitrogen and oxygen atoms in total. The van der Waals surface area contributed by atoms with Crippen LogP contribution in [-0.4, -0.2) is 52.3 Å². The van der Waals surface area contributed by atoms with E-state index in [0.717, 1.165) is 37.0 Å². The number of carbonyl (C=O) groups excluding carboxylic acids is 1. The maximum atomic E-state index is 12.6. The van der Waals surface area contributed by atoms with Crippen molar-refractivity contribution in [3.05, 3.63) is 47.6 Å². The molecule has 2 aliphatic heterocycles. The van der Waals surface area contributed by atoms with Crippen LogP contribution in [0.25, 0.3) is 0 Å². The molecular weight excluding hydrogens is 346 g/mol. The zero-order valence-corrected chi connectivity index (χ0v) is 15.2. The number of pyridine rings is 1. The van der Waals surface area contributed by atoms with E-state index in [1.165, 1.54) is 0 Å². The van der Waals surface area contributed by atoms with Gasteiger partial charge in [0.1, 0.15) is 11.4 Å². The van der Waals surface area contributed by atoms with Crippen molar-refractivity contribution >= 4 is 5.91 Å². The molecule has 0 aromatic carbocycles. The highest BCUT2D eigenvalue weighted by molar-refractivity contribution is 5.93.